The van der Waals surface area contributed by atoms with Crippen LogP contribution >= 0.6 is 0 Å². The molecule has 1 heterocycles. The molecule has 136 valence electrons. The molecule has 0 unspecified atom stereocenters. The van der Waals surface area contributed by atoms with E-state index in [0.29, 0.717) is 5.75 Å². The van der Waals surface area contributed by atoms with E-state index in [1.807, 2.05) is 30.3 Å². The molecule has 26 heavy (non-hydrogen) atoms. The van der Waals surface area contributed by atoms with Gasteiger partial charge >= 0.3 is 0 Å². The van der Waals surface area contributed by atoms with Crippen molar-refractivity contribution in [2.24, 2.45) is 0 Å². The molecule has 0 saturated heterocycles. The van der Waals surface area contributed by atoms with Crippen LogP contribution in [0.15, 0.2) is 65.8 Å². The highest BCUT2D eigenvalue weighted by molar-refractivity contribution is 7.89. The van der Waals surface area contributed by atoms with E-state index >= 15 is 0 Å². The van der Waals surface area contributed by atoms with Gasteiger partial charge in [0.2, 0.25) is 10.0 Å². The summed E-state index contributed by atoms with van der Waals surface area (Å²) in [5.74, 6) is 0.643. The van der Waals surface area contributed by atoms with Crippen molar-refractivity contribution >= 4 is 10.0 Å². The van der Waals surface area contributed by atoms with E-state index in [2.05, 4.69) is 14.9 Å². The number of sulfonamides is 1. The maximum atomic E-state index is 12.9. The Morgan fingerprint density at radius 3 is 2.42 bits per heavy atom. The summed E-state index contributed by atoms with van der Waals surface area (Å²) in [4.78, 5) is 1.64. The van der Waals surface area contributed by atoms with Crippen molar-refractivity contribution in [3.8, 4) is 5.75 Å². The van der Waals surface area contributed by atoms with E-state index in [-0.39, 0.29) is 11.4 Å². The molecule has 0 aliphatic rings. The van der Waals surface area contributed by atoms with Gasteiger partial charge in [-0.25, -0.2) is 13.1 Å². The fourth-order valence-corrected chi connectivity index (χ4v) is 3.97. The quantitative estimate of drug-likeness (QED) is 0.688. The Balaban J connectivity index is 1.91. The lowest BCUT2D eigenvalue weighted by Crippen LogP contribution is -2.32. The smallest absolute Gasteiger partial charge is 0.241 e. The van der Waals surface area contributed by atoms with E-state index < -0.39 is 16.1 Å². The largest absolute Gasteiger partial charge is 0.496 e. The molecule has 0 amide bonds. The molecule has 3 rings (SSSR count). The van der Waals surface area contributed by atoms with Crippen LogP contribution in [0, 0.1) is 6.92 Å². The summed E-state index contributed by atoms with van der Waals surface area (Å²) < 4.78 is 33.7. The van der Waals surface area contributed by atoms with E-state index in [1.54, 1.807) is 38.6 Å². The van der Waals surface area contributed by atoms with Crippen molar-refractivity contribution in [2.75, 3.05) is 7.11 Å². The zero-order valence-electron chi connectivity index (χ0n) is 14.5. The summed E-state index contributed by atoms with van der Waals surface area (Å²) in [7, 11) is -2.18. The molecule has 0 fully saturated rings. The Labute approximate surface area is 152 Å². The third-order valence-corrected chi connectivity index (χ3v) is 5.46. The van der Waals surface area contributed by atoms with E-state index in [1.165, 1.54) is 10.9 Å². The molecule has 0 spiro atoms. The Kier molecular flexibility index (Phi) is 5.34. The number of hydrogen-bond donors (Lipinski definition) is 1. The van der Waals surface area contributed by atoms with Crippen LogP contribution in [0.5, 0.6) is 5.75 Å². The summed E-state index contributed by atoms with van der Waals surface area (Å²) in [6.07, 6.45) is 3.12. The van der Waals surface area contributed by atoms with Gasteiger partial charge in [0.1, 0.15) is 5.75 Å². The lowest BCUT2D eigenvalue weighted by atomic mass is 10.1. The third kappa shape index (κ3) is 4.09. The van der Waals surface area contributed by atoms with Gasteiger partial charge < -0.3 is 4.74 Å². The number of aryl methyl sites for hydroxylation is 1. The Bertz CT molecular complexity index is 957. The van der Waals surface area contributed by atoms with Gasteiger partial charge in [0.15, 0.2) is 0 Å². The van der Waals surface area contributed by atoms with Crippen molar-refractivity contribution in [1.29, 1.82) is 0 Å². The van der Waals surface area contributed by atoms with Crippen molar-refractivity contribution in [3.05, 3.63) is 72.1 Å². The summed E-state index contributed by atoms with van der Waals surface area (Å²) in [5, 5.41) is 8.15. The molecule has 1 N–H and O–H groups in total. The van der Waals surface area contributed by atoms with Crippen LogP contribution in [0.2, 0.25) is 0 Å². The summed E-state index contributed by atoms with van der Waals surface area (Å²) in [5.41, 5.74) is 1.58. The Morgan fingerprint density at radius 1 is 1.12 bits per heavy atom. The predicted molar refractivity (Wildman–Crippen MR) is 97.3 cm³/mol. The number of aromatic nitrogens is 3. The minimum atomic E-state index is -3.73. The topological polar surface area (TPSA) is 86.1 Å². The molecular formula is C18H20N4O3S. The van der Waals surface area contributed by atoms with Crippen LogP contribution in [0.1, 0.15) is 17.2 Å². The van der Waals surface area contributed by atoms with Gasteiger partial charge in [-0.2, -0.15) is 15.0 Å². The van der Waals surface area contributed by atoms with Crippen molar-refractivity contribution < 1.29 is 13.2 Å². The molecule has 0 bridgehead atoms. The molecular weight excluding hydrogens is 352 g/mol. The maximum absolute atomic E-state index is 12.9. The van der Waals surface area contributed by atoms with E-state index in [9.17, 15) is 8.42 Å². The van der Waals surface area contributed by atoms with Crippen LogP contribution in [-0.4, -0.2) is 30.5 Å². The average molecular weight is 372 g/mol. The van der Waals surface area contributed by atoms with E-state index in [0.717, 1.165) is 11.1 Å². The standard InChI is InChI=1S/C18H20N4O3S/c1-14-12-16(8-9-18(14)25-2)26(23,24)21-17(13-22-19-10-11-20-22)15-6-4-3-5-7-15/h3-12,17,21H,13H2,1-2H3/t17-/m1/s1. The number of benzene rings is 2. The summed E-state index contributed by atoms with van der Waals surface area (Å²) in [6, 6.07) is 13.6. The molecule has 2 aromatic carbocycles. The first kappa shape index (κ1) is 18.1. The molecule has 1 atom stereocenters. The van der Waals surface area contributed by atoms with Gasteiger partial charge in [0, 0.05) is 0 Å². The van der Waals surface area contributed by atoms with Gasteiger partial charge in [-0.1, -0.05) is 30.3 Å². The Morgan fingerprint density at radius 2 is 1.81 bits per heavy atom. The first-order valence-corrected chi connectivity index (χ1v) is 9.54. The zero-order valence-corrected chi connectivity index (χ0v) is 15.3. The van der Waals surface area contributed by atoms with Crippen LogP contribution < -0.4 is 9.46 Å². The summed E-state index contributed by atoms with van der Waals surface area (Å²) >= 11 is 0. The monoisotopic (exact) mass is 372 g/mol. The second kappa shape index (κ2) is 7.67. The zero-order chi connectivity index (χ0) is 18.6. The molecule has 1 aromatic heterocycles. The van der Waals surface area contributed by atoms with Crippen LogP contribution in [0.3, 0.4) is 0 Å². The fraction of sp³-hybridized carbons (Fsp3) is 0.222. The minimum absolute atomic E-state index is 0.185. The molecule has 0 aliphatic heterocycles. The van der Waals surface area contributed by atoms with E-state index in [4.69, 9.17) is 4.74 Å². The predicted octanol–water partition coefficient (Wildman–Crippen LogP) is 2.31. The fourth-order valence-electron chi connectivity index (χ4n) is 2.67. The van der Waals surface area contributed by atoms with Gasteiger partial charge in [-0.05, 0) is 36.2 Å². The molecule has 8 heteroatoms. The molecule has 7 nitrogen and oxygen atoms in total. The van der Waals surface area contributed by atoms with Crippen LogP contribution in [-0.2, 0) is 16.6 Å². The Hall–Kier alpha value is -2.71. The lowest BCUT2D eigenvalue weighted by Gasteiger charge is -2.19. The second-order valence-corrected chi connectivity index (χ2v) is 7.51. The van der Waals surface area contributed by atoms with Gasteiger partial charge in [-0.3, -0.25) is 0 Å². The first-order chi connectivity index (χ1) is 12.5. The lowest BCUT2D eigenvalue weighted by molar-refractivity contribution is 0.411. The molecule has 3 aromatic rings. The van der Waals surface area contributed by atoms with Gasteiger partial charge in [0.25, 0.3) is 0 Å². The maximum Gasteiger partial charge on any atom is 0.241 e. The van der Waals surface area contributed by atoms with Crippen molar-refractivity contribution in [3.63, 3.8) is 0 Å². The number of hydrogen-bond acceptors (Lipinski definition) is 5. The molecule has 0 radical (unpaired) electrons. The third-order valence-electron chi connectivity index (χ3n) is 3.99. The highest BCUT2D eigenvalue weighted by atomic mass is 32.2. The van der Waals surface area contributed by atoms with Gasteiger partial charge in [-0.15, -0.1) is 0 Å². The number of ether oxygens (including phenoxy) is 1. The molecule has 0 aliphatic carbocycles. The first-order valence-electron chi connectivity index (χ1n) is 8.05. The highest BCUT2D eigenvalue weighted by Crippen LogP contribution is 2.23. The summed E-state index contributed by atoms with van der Waals surface area (Å²) in [6.45, 7) is 2.09. The SMILES string of the molecule is COc1ccc(S(=O)(=O)N[C@H](Cn2nccn2)c2ccccc2)cc1C. The number of methoxy groups -OCH3 is 1. The van der Waals surface area contributed by atoms with Crippen molar-refractivity contribution in [1.82, 2.24) is 19.7 Å². The average Bonchev–Trinajstić information content (AvgIpc) is 3.15. The highest BCUT2D eigenvalue weighted by Gasteiger charge is 2.23. The number of nitrogens with zero attached hydrogens (tertiary/aromatic N) is 3. The minimum Gasteiger partial charge on any atom is -0.496 e. The number of rotatable bonds is 7. The van der Waals surface area contributed by atoms with Crippen LogP contribution in [0.25, 0.3) is 0 Å². The van der Waals surface area contributed by atoms with Gasteiger partial charge in [0.05, 0.1) is 37.0 Å². The normalized spacial score (nSPS) is 12.7. The number of nitrogens with one attached hydrogen (secondary N) is 1. The second-order valence-electron chi connectivity index (χ2n) is 5.80. The van der Waals surface area contributed by atoms with Crippen molar-refractivity contribution in [2.45, 2.75) is 24.4 Å². The van der Waals surface area contributed by atoms with Crippen LogP contribution in [0.4, 0.5) is 0 Å². The molecule has 0 saturated carbocycles.